The molecule has 2 aliphatic rings. The van der Waals surface area contributed by atoms with Crippen LogP contribution in [0.3, 0.4) is 0 Å². The van der Waals surface area contributed by atoms with Gasteiger partial charge in [-0.1, -0.05) is 15.9 Å². The van der Waals surface area contributed by atoms with Crippen LogP contribution in [0.15, 0.2) is 45.8 Å². The summed E-state index contributed by atoms with van der Waals surface area (Å²) in [5.41, 5.74) is 2.12. The predicted octanol–water partition coefficient (Wildman–Crippen LogP) is 3.92. The lowest BCUT2D eigenvalue weighted by Crippen LogP contribution is -2.38. The zero-order chi connectivity index (χ0) is 18.3. The van der Waals surface area contributed by atoms with E-state index >= 15 is 0 Å². The molecule has 0 fully saturated rings. The van der Waals surface area contributed by atoms with E-state index in [1.54, 1.807) is 28.6 Å². The lowest BCUT2D eigenvalue weighted by Gasteiger charge is -2.34. The molecule has 0 N–H and O–H groups in total. The summed E-state index contributed by atoms with van der Waals surface area (Å²) in [6.45, 7) is 3.64. The zero-order valence-electron chi connectivity index (χ0n) is 14.4. The Labute approximate surface area is 162 Å². The van der Waals surface area contributed by atoms with Gasteiger partial charge in [-0.05, 0) is 60.9 Å². The minimum absolute atomic E-state index is 0.260. The average Bonchev–Trinajstić information content (AvgIpc) is 2.85. The van der Waals surface area contributed by atoms with Crippen molar-refractivity contribution in [1.82, 2.24) is 4.31 Å². The van der Waals surface area contributed by atoms with Crippen molar-refractivity contribution in [1.29, 1.82) is 0 Å². The van der Waals surface area contributed by atoms with E-state index in [1.165, 1.54) is 0 Å². The minimum atomic E-state index is -3.56. The third-order valence-electron chi connectivity index (χ3n) is 4.91. The Morgan fingerprint density at radius 3 is 2.42 bits per heavy atom. The average molecular weight is 438 g/mol. The molecule has 26 heavy (non-hydrogen) atoms. The van der Waals surface area contributed by atoms with E-state index in [4.69, 9.17) is 9.47 Å². The molecule has 7 heteroatoms. The van der Waals surface area contributed by atoms with Crippen LogP contribution < -0.4 is 9.47 Å². The van der Waals surface area contributed by atoms with Gasteiger partial charge >= 0.3 is 0 Å². The molecule has 0 amide bonds. The quantitative estimate of drug-likeness (QED) is 0.714. The molecule has 0 saturated heterocycles. The topological polar surface area (TPSA) is 55.8 Å². The number of sulfonamides is 1. The van der Waals surface area contributed by atoms with E-state index in [1.807, 2.05) is 19.1 Å². The maximum absolute atomic E-state index is 13.1. The van der Waals surface area contributed by atoms with Gasteiger partial charge in [0.2, 0.25) is 10.0 Å². The first-order valence-electron chi connectivity index (χ1n) is 8.66. The highest BCUT2D eigenvalue weighted by Crippen LogP contribution is 2.40. The Bertz CT molecular complexity index is 927. The third kappa shape index (κ3) is 3.12. The number of fused-ring (bicyclic) bond motifs is 2. The van der Waals surface area contributed by atoms with E-state index in [9.17, 15) is 8.42 Å². The highest BCUT2D eigenvalue weighted by molar-refractivity contribution is 9.10. The van der Waals surface area contributed by atoms with Crippen LogP contribution in [0.5, 0.6) is 11.5 Å². The van der Waals surface area contributed by atoms with Crippen molar-refractivity contribution in [3.63, 3.8) is 0 Å². The lowest BCUT2D eigenvalue weighted by molar-refractivity contribution is 0.296. The minimum Gasteiger partial charge on any atom is -0.490 e. The van der Waals surface area contributed by atoms with E-state index in [-0.39, 0.29) is 6.04 Å². The van der Waals surface area contributed by atoms with Gasteiger partial charge in [0, 0.05) is 23.5 Å². The molecule has 4 rings (SSSR count). The van der Waals surface area contributed by atoms with Crippen molar-refractivity contribution in [3.05, 3.63) is 52.0 Å². The molecular formula is C19H20BrNO4S. The summed E-state index contributed by atoms with van der Waals surface area (Å²) in [5.74, 6) is 1.47. The number of nitrogens with zero attached hydrogens (tertiary/aromatic N) is 1. The van der Waals surface area contributed by atoms with Crippen molar-refractivity contribution < 1.29 is 17.9 Å². The third-order valence-corrected chi connectivity index (χ3v) is 7.43. The highest BCUT2D eigenvalue weighted by Gasteiger charge is 2.35. The smallest absolute Gasteiger partial charge is 0.243 e. The SMILES string of the molecule is C[C@H]1c2cc3c(cc2CCN1S(=O)(=O)c1ccc(Br)cc1)OCCCO3. The van der Waals surface area contributed by atoms with Crippen LogP contribution in [0.4, 0.5) is 0 Å². The summed E-state index contributed by atoms with van der Waals surface area (Å²) < 4.78 is 40.2. The van der Waals surface area contributed by atoms with E-state index in [0.717, 1.165) is 27.8 Å². The normalized spacial score (nSPS) is 20.3. The van der Waals surface area contributed by atoms with Gasteiger partial charge < -0.3 is 9.47 Å². The molecule has 138 valence electrons. The molecule has 5 nitrogen and oxygen atoms in total. The molecular weight excluding hydrogens is 418 g/mol. The number of hydrogen-bond donors (Lipinski definition) is 0. The molecule has 0 aliphatic carbocycles. The van der Waals surface area contributed by atoms with Gasteiger partial charge in [0.15, 0.2) is 11.5 Å². The highest BCUT2D eigenvalue weighted by atomic mass is 79.9. The van der Waals surface area contributed by atoms with Crippen molar-refractivity contribution in [2.45, 2.75) is 30.7 Å². The molecule has 0 saturated carbocycles. The van der Waals surface area contributed by atoms with Gasteiger partial charge in [0.05, 0.1) is 18.1 Å². The predicted molar refractivity (Wildman–Crippen MR) is 102 cm³/mol. The number of halogens is 1. The molecule has 2 aromatic rings. The van der Waals surface area contributed by atoms with Crippen molar-refractivity contribution >= 4 is 26.0 Å². The Balaban J connectivity index is 1.70. The maximum Gasteiger partial charge on any atom is 0.243 e. The number of rotatable bonds is 2. The first kappa shape index (κ1) is 17.8. The fourth-order valence-corrected chi connectivity index (χ4v) is 5.40. The molecule has 0 bridgehead atoms. The first-order chi connectivity index (χ1) is 12.5. The van der Waals surface area contributed by atoms with Gasteiger partial charge in [-0.3, -0.25) is 0 Å². The van der Waals surface area contributed by atoms with Crippen LogP contribution in [-0.4, -0.2) is 32.5 Å². The van der Waals surface area contributed by atoms with Crippen molar-refractivity contribution in [2.75, 3.05) is 19.8 Å². The summed E-state index contributed by atoms with van der Waals surface area (Å²) >= 11 is 3.35. The second-order valence-electron chi connectivity index (χ2n) is 6.54. The largest absolute Gasteiger partial charge is 0.490 e. The van der Waals surface area contributed by atoms with E-state index < -0.39 is 10.0 Å². The molecule has 1 atom stereocenters. The van der Waals surface area contributed by atoms with E-state index in [2.05, 4.69) is 15.9 Å². The molecule has 2 aliphatic heterocycles. The lowest BCUT2D eigenvalue weighted by atomic mass is 9.94. The van der Waals surface area contributed by atoms with Crippen LogP contribution in [-0.2, 0) is 16.4 Å². The molecule has 0 spiro atoms. The number of hydrogen-bond acceptors (Lipinski definition) is 4. The monoisotopic (exact) mass is 437 g/mol. The van der Waals surface area contributed by atoms with Gasteiger partial charge in [-0.25, -0.2) is 8.42 Å². The summed E-state index contributed by atoms with van der Waals surface area (Å²) in [7, 11) is -3.56. The Kier molecular flexibility index (Phi) is 4.71. The fourth-order valence-electron chi connectivity index (χ4n) is 3.52. The van der Waals surface area contributed by atoms with Crippen LogP contribution in [0.2, 0.25) is 0 Å². The zero-order valence-corrected chi connectivity index (χ0v) is 16.8. The van der Waals surface area contributed by atoms with E-state index in [0.29, 0.717) is 36.8 Å². The second-order valence-corrected chi connectivity index (χ2v) is 9.35. The van der Waals surface area contributed by atoms with Crippen LogP contribution in [0.1, 0.15) is 30.5 Å². The summed E-state index contributed by atoms with van der Waals surface area (Å²) in [6.07, 6.45) is 1.51. The van der Waals surface area contributed by atoms with Gasteiger partial charge in [0.25, 0.3) is 0 Å². The van der Waals surface area contributed by atoms with Crippen molar-refractivity contribution in [2.24, 2.45) is 0 Å². The Morgan fingerprint density at radius 1 is 1.08 bits per heavy atom. The number of ether oxygens (including phenoxy) is 2. The Hall–Kier alpha value is -1.57. The molecule has 2 heterocycles. The Morgan fingerprint density at radius 2 is 1.73 bits per heavy atom. The van der Waals surface area contributed by atoms with Crippen LogP contribution in [0.25, 0.3) is 0 Å². The van der Waals surface area contributed by atoms with Gasteiger partial charge in [0.1, 0.15) is 0 Å². The molecule has 0 aromatic heterocycles. The van der Waals surface area contributed by atoms with Gasteiger partial charge in [-0.2, -0.15) is 4.31 Å². The fraction of sp³-hybridized carbons (Fsp3) is 0.368. The first-order valence-corrected chi connectivity index (χ1v) is 10.9. The number of benzene rings is 2. The second kappa shape index (κ2) is 6.87. The maximum atomic E-state index is 13.1. The molecule has 2 aromatic carbocycles. The summed E-state index contributed by atoms with van der Waals surface area (Å²) in [5, 5.41) is 0. The summed E-state index contributed by atoms with van der Waals surface area (Å²) in [4.78, 5) is 0.311. The van der Waals surface area contributed by atoms with Crippen LogP contribution >= 0.6 is 15.9 Å². The van der Waals surface area contributed by atoms with Gasteiger partial charge in [-0.15, -0.1) is 0 Å². The summed E-state index contributed by atoms with van der Waals surface area (Å²) in [6, 6.07) is 10.5. The standard InChI is InChI=1S/C19H20BrNO4S/c1-13-17-12-19-18(24-9-2-10-25-19)11-14(17)7-8-21(13)26(22,23)16-5-3-15(20)4-6-16/h3-6,11-13H,2,7-10H2,1H3/t13-/m0/s1. The molecule has 0 unspecified atom stereocenters. The van der Waals surface area contributed by atoms with Crippen molar-refractivity contribution in [3.8, 4) is 11.5 Å². The van der Waals surface area contributed by atoms with Crippen LogP contribution in [0, 0.1) is 0 Å². The molecule has 0 radical (unpaired) electrons.